The van der Waals surface area contributed by atoms with E-state index in [1.54, 1.807) is 6.20 Å². The van der Waals surface area contributed by atoms with E-state index in [0.29, 0.717) is 0 Å². The largest absolute Gasteiger partial charge is 0.198 e. The zero-order valence-corrected chi connectivity index (χ0v) is 8.43. The first-order valence-electron chi connectivity index (χ1n) is 4.14. The Hall–Kier alpha value is -0.510. The lowest BCUT2D eigenvalue weighted by Gasteiger charge is -2.20. The van der Waals surface area contributed by atoms with Crippen LogP contribution in [0.25, 0.3) is 0 Å². The van der Waals surface area contributed by atoms with Crippen molar-refractivity contribution < 1.29 is 0 Å². The van der Waals surface area contributed by atoms with Gasteiger partial charge in [0.2, 0.25) is 0 Å². The molecule has 0 saturated carbocycles. The second-order valence-corrected chi connectivity index (χ2v) is 4.01. The van der Waals surface area contributed by atoms with Crippen LogP contribution in [0.4, 0.5) is 0 Å². The van der Waals surface area contributed by atoms with E-state index in [4.69, 9.17) is 0 Å². The van der Waals surface area contributed by atoms with E-state index in [0.717, 1.165) is 24.3 Å². The van der Waals surface area contributed by atoms with E-state index < -0.39 is 0 Å². The maximum Gasteiger partial charge on any atom is 0.0880 e. The van der Waals surface area contributed by atoms with Crippen LogP contribution >= 0.6 is 12.6 Å². The molecule has 0 unspecified atom stereocenters. The topological polar surface area (TPSA) is 41.6 Å². The minimum atomic E-state index is 0.121. The molecule has 0 fully saturated rings. The first-order valence-corrected chi connectivity index (χ1v) is 4.77. The molecule has 1 N–H and O–H groups in total. The van der Waals surface area contributed by atoms with Gasteiger partial charge >= 0.3 is 0 Å². The van der Waals surface area contributed by atoms with E-state index in [9.17, 15) is 0 Å². The molecule has 1 aromatic heterocycles. The molecule has 0 saturated heterocycles. The highest BCUT2D eigenvalue weighted by molar-refractivity contribution is 7.80. The predicted octanol–water partition coefficient (Wildman–Crippen LogP) is 1.79. The van der Waals surface area contributed by atoms with Gasteiger partial charge in [-0.15, -0.1) is 0 Å². The molecule has 0 aliphatic carbocycles. The normalized spacial score (nSPS) is 11.9. The van der Waals surface area contributed by atoms with Crippen LogP contribution in [0, 0.1) is 0 Å². The van der Waals surface area contributed by atoms with Gasteiger partial charge in [0.05, 0.1) is 11.9 Å². The lowest BCUT2D eigenvalue weighted by Crippen LogP contribution is -2.17. The molecule has 0 bridgehead atoms. The first-order chi connectivity index (χ1) is 5.67. The van der Waals surface area contributed by atoms with Gasteiger partial charge in [0.15, 0.2) is 0 Å². The van der Waals surface area contributed by atoms with Crippen molar-refractivity contribution in [3.05, 3.63) is 11.9 Å². The molecule has 0 aliphatic heterocycles. The maximum atomic E-state index is 4.19. The molecule has 0 radical (unpaired) electrons. The van der Waals surface area contributed by atoms with Crippen molar-refractivity contribution in [1.82, 2.24) is 15.4 Å². The summed E-state index contributed by atoms with van der Waals surface area (Å²) in [6, 6.07) is 0. The Kier molecular flexibility index (Phi) is 3.14. The molecule has 0 amide bonds. The molecule has 0 spiro atoms. The predicted molar refractivity (Wildman–Crippen MR) is 52.5 cm³/mol. The summed E-state index contributed by atoms with van der Waals surface area (Å²) in [7, 11) is 0. The van der Waals surface area contributed by atoms with Gasteiger partial charge in [-0.3, -0.25) is 0 Å². The van der Waals surface area contributed by atoms with Gasteiger partial charge in [-0.05, 0) is 18.6 Å². The number of hydrogen-bond acceptors (Lipinski definition) is 3. The highest BCUT2D eigenvalue weighted by Gasteiger charge is 2.22. The van der Waals surface area contributed by atoms with Gasteiger partial charge in [-0.1, -0.05) is 13.8 Å². The summed E-state index contributed by atoms with van der Waals surface area (Å²) in [5, 5.41) is 10.5. The van der Waals surface area contributed by atoms with Crippen LogP contribution in [0.1, 0.15) is 32.4 Å². The standard InChI is InChI=1S/C8H15N3S/c1-8(2,4-3-5-12)7-6-9-11-10-7/h6,12H,3-5H2,1-2H3,(H,9,10,11). The van der Waals surface area contributed by atoms with Crippen molar-refractivity contribution in [3.63, 3.8) is 0 Å². The monoisotopic (exact) mass is 185 g/mol. The van der Waals surface area contributed by atoms with Crippen molar-refractivity contribution in [3.8, 4) is 0 Å². The van der Waals surface area contributed by atoms with E-state index in [1.807, 2.05) is 0 Å². The molecule has 1 rings (SSSR count). The Morgan fingerprint density at radius 1 is 1.58 bits per heavy atom. The molecule has 3 nitrogen and oxygen atoms in total. The van der Waals surface area contributed by atoms with Gasteiger partial charge in [0.25, 0.3) is 0 Å². The van der Waals surface area contributed by atoms with E-state index in [-0.39, 0.29) is 5.41 Å². The van der Waals surface area contributed by atoms with E-state index >= 15 is 0 Å². The first kappa shape index (κ1) is 9.58. The molecule has 0 aliphatic rings. The lowest BCUT2D eigenvalue weighted by molar-refractivity contribution is 0.461. The number of aromatic nitrogens is 3. The molecule has 0 atom stereocenters. The molecule has 1 aromatic rings. The van der Waals surface area contributed by atoms with Crippen molar-refractivity contribution >= 4 is 12.6 Å². The molecular formula is C8H15N3S. The molecule has 0 aromatic carbocycles. The Bertz CT molecular complexity index is 218. The zero-order valence-electron chi connectivity index (χ0n) is 7.54. The Morgan fingerprint density at radius 2 is 2.33 bits per heavy atom. The smallest absolute Gasteiger partial charge is 0.0880 e. The average Bonchev–Trinajstić information content (AvgIpc) is 2.53. The van der Waals surface area contributed by atoms with Gasteiger partial charge < -0.3 is 0 Å². The quantitative estimate of drug-likeness (QED) is 0.702. The third-order valence-electron chi connectivity index (χ3n) is 2.07. The highest BCUT2D eigenvalue weighted by atomic mass is 32.1. The third-order valence-corrected chi connectivity index (χ3v) is 2.38. The van der Waals surface area contributed by atoms with Crippen LogP contribution in [0.3, 0.4) is 0 Å². The summed E-state index contributed by atoms with van der Waals surface area (Å²) in [5.74, 6) is 0.932. The molecule has 1 heterocycles. The van der Waals surface area contributed by atoms with Crippen molar-refractivity contribution in [2.75, 3.05) is 5.75 Å². The summed E-state index contributed by atoms with van der Waals surface area (Å²) in [4.78, 5) is 0. The van der Waals surface area contributed by atoms with Crippen LogP contribution < -0.4 is 0 Å². The summed E-state index contributed by atoms with van der Waals surface area (Å²) in [5.41, 5.74) is 1.15. The fourth-order valence-corrected chi connectivity index (χ4v) is 1.33. The van der Waals surface area contributed by atoms with Crippen LogP contribution in [-0.4, -0.2) is 21.2 Å². The fourth-order valence-electron chi connectivity index (χ4n) is 1.18. The van der Waals surface area contributed by atoms with Crippen LogP contribution in [0.15, 0.2) is 6.20 Å². The highest BCUT2D eigenvalue weighted by Crippen LogP contribution is 2.25. The van der Waals surface area contributed by atoms with Gasteiger partial charge in [-0.25, -0.2) is 0 Å². The zero-order chi connectivity index (χ0) is 9.03. The number of thiol groups is 1. The molecular weight excluding hydrogens is 170 g/mol. The molecule has 68 valence electrons. The number of nitrogens with zero attached hydrogens (tertiary/aromatic N) is 2. The van der Waals surface area contributed by atoms with Crippen molar-refractivity contribution in [2.45, 2.75) is 32.1 Å². The molecule has 12 heavy (non-hydrogen) atoms. The lowest BCUT2D eigenvalue weighted by atomic mass is 9.85. The van der Waals surface area contributed by atoms with Crippen LogP contribution in [-0.2, 0) is 5.41 Å². The SMILES string of the molecule is CC(C)(CCCS)c1cn[nH]n1. The van der Waals surface area contributed by atoms with Crippen LogP contribution in [0.2, 0.25) is 0 Å². The van der Waals surface area contributed by atoms with E-state index in [2.05, 4.69) is 41.9 Å². The minimum Gasteiger partial charge on any atom is -0.198 e. The second-order valence-electron chi connectivity index (χ2n) is 3.57. The van der Waals surface area contributed by atoms with Gasteiger partial charge in [0, 0.05) is 5.41 Å². The summed E-state index contributed by atoms with van der Waals surface area (Å²) in [6.45, 7) is 4.35. The van der Waals surface area contributed by atoms with Gasteiger partial charge in [-0.2, -0.15) is 28.0 Å². The van der Waals surface area contributed by atoms with Crippen LogP contribution in [0.5, 0.6) is 0 Å². The molecule has 4 heteroatoms. The van der Waals surface area contributed by atoms with Crippen molar-refractivity contribution in [1.29, 1.82) is 0 Å². The number of aromatic amines is 1. The number of nitrogens with one attached hydrogen (secondary N) is 1. The second kappa shape index (κ2) is 3.94. The summed E-state index contributed by atoms with van der Waals surface area (Å²) >= 11 is 4.19. The Morgan fingerprint density at radius 3 is 2.83 bits per heavy atom. The maximum absolute atomic E-state index is 4.19. The van der Waals surface area contributed by atoms with Gasteiger partial charge in [0.1, 0.15) is 0 Å². The average molecular weight is 185 g/mol. The van der Waals surface area contributed by atoms with Crippen molar-refractivity contribution in [2.24, 2.45) is 0 Å². The summed E-state index contributed by atoms with van der Waals surface area (Å²) in [6.07, 6.45) is 4.00. The Balaban J connectivity index is 2.59. The Labute approximate surface area is 78.4 Å². The number of rotatable bonds is 4. The number of H-pyrrole nitrogens is 1. The third kappa shape index (κ3) is 2.24. The fraction of sp³-hybridized carbons (Fsp3) is 0.750. The summed E-state index contributed by atoms with van der Waals surface area (Å²) < 4.78 is 0. The van der Waals surface area contributed by atoms with E-state index in [1.165, 1.54) is 0 Å². The minimum absolute atomic E-state index is 0.121. The number of hydrogen-bond donors (Lipinski definition) is 2.